The van der Waals surface area contributed by atoms with Crippen LogP contribution in [0.15, 0.2) is 109 Å². The number of amides is 3. The predicted octanol–water partition coefficient (Wildman–Crippen LogP) is 5.39. The Balaban J connectivity index is 1.24. The van der Waals surface area contributed by atoms with Crippen LogP contribution in [0.2, 0.25) is 0 Å². The summed E-state index contributed by atoms with van der Waals surface area (Å²) in [5, 5.41) is 5.87. The molecule has 37 heavy (non-hydrogen) atoms. The Kier molecular flexibility index (Phi) is 7.08. The van der Waals surface area contributed by atoms with Gasteiger partial charge in [0.25, 0.3) is 11.8 Å². The van der Waals surface area contributed by atoms with Crippen LogP contribution < -0.4 is 15.5 Å². The lowest BCUT2D eigenvalue weighted by molar-refractivity contribution is -0.116. The van der Waals surface area contributed by atoms with E-state index in [1.165, 1.54) is 5.56 Å². The lowest BCUT2D eigenvalue weighted by atomic mass is 10.0. The number of carbonyl (C=O) groups is 3. The first kappa shape index (κ1) is 24.0. The number of fused-ring (bicyclic) bond motifs is 1. The van der Waals surface area contributed by atoms with E-state index in [-0.39, 0.29) is 24.1 Å². The Morgan fingerprint density at radius 3 is 2.11 bits per heavy atom. The molecule has 1 atom stereocenters. The third kappa shape index (κ3) is 5.59. The van der Waals surface area contributed by atoms with Crippen molar-refractivity contribution in [1.82, 2.24) is 5.32 Å². The van der Waals surface area contributed by atoms with E-state index in [9.17, 15) is 14.4 Å². The number of hydrogen-bond acceptors (Lipinski definition) is 3. The summed E-state index contributed by atoms with van der Waals surface area (Å²) in [5.74, 6) is -0.543. The number of anilines is 2. The zero-order valence-corrected chi connectivity index (χ0v) is 20.3. The molecule has 0 bridgehead atoms. The number of carbonyl (C=O) groups excluding carboxylic acids is 3. The first-order valence-electron chi connectivity index (χ1n) is 12.3. The van der Waals surface area contributed by atoms with E-state index in [1.807, 2.05) is 60.7 Å². The van der Waals surface area contributed by atoms with Crippen LogP contribution in [-0.2, 0) is 11.2 Å². The van der Waals surface area contributed by atoms with Gasteiger partial charge in [0.05, 0.1) is 12.5 Å². The highest BCUT2D eigenvalue weighted by atomic mass is 16.2. The summed E-state index contributed by atoms with van der Waals surface area (Å²) < 4.78 is 0. The summed E-state index contributed by atoms with van der Waals surface area (Å²) in [7, 11) is 0. The molecular formula is C31H27N3O3. The number of para-hydroxylation sites is 1. The Labute approximate surface area is 215 Å². The zero-order chi connectivity index (χ0) is 25.6. The molecule has 6 heteroatoms. The lowest BCUT2D eigenvalue weighted by Gasteiger charge is -2.19. The van der Waals surface area contributed by atoms with Gasteiger partial charge in [-0.25, -0.2) is 0 Å². The van der Waals surface area contributed by atoms with Crippen LogP contribution in [-0.4, -0.2) is 24.3 Å². The molecule has 1 aliphatic rings. The van der Waals surface area contributed by atoms with Gasteiger partial charge in [-0.05, 0) is 60.0 Å². The zero-order valence-electron chi connectivity index (χ0n) is 20.3. The molecule has 0 aliphatic carbocycles. The third-order valence-corrected chi connectivity index (χ3v) is 6.48. The van der Waals surface area contributed by atoms with E-state index in [4.69, 9.17) is 0 Å². The van der Waals surface area contributed by atoms with Crippen LogP contribution in [0.4, 0.5) is 11.4 Å². The summed E-state index contributed by atoms with van der Waals surface area (Å²) in [4.78, 5) is 40.6. The second kappa shape index (κ2) is 10.9. The third-order valence-electron chi connectivity index (χ3n) is 6.48. The normalized spacial score (nSPS) is 12.9. The van der Waals surface area contributed by atoms with Crippen LogP contribution in [0.1, 0.15) is 44.3 Å². The SMILES string of the molecule is O=C(CC(NC(=O)c1ccccc1)c1ccccc1)Nc1ccc(C(=O)N2CCc3ccccc32)cc1. The monoisotopic (exact) mass is 489 g/mol. The van der Waals surface area contributed by atoms with Gasteiger partial charge < -0.3 is 15.5 Å². The van der Waals surface area contributed by atoms with Crippen molar-refractivity contribution in [3.63, 3.8) is 0 Å². The molecule has 0 saturated carbocycles. The van der Waals surface area contributed by atoms with Crippen molar-refractivity contribution in [2.75, 3.05) is 16.8 Å². The van der Waals surface area contributed by atoms with E-state index in [1.54, 1.807) is 53.4 Å². The standard InChI is InChI=1S/C31H27N3O3/c35-29(21-27(22-9-3-1-4-10-22)33-30(36)24-12-5-2-6-13-24)32-26-17-15-25(16-18-26)31(37)34-20-19-23-11-7-8-14-28(23)34/h1-18,27H,19-21H2,(H,32,35)(H,33,36). The molecule has 1 aliphatic heterocycles. The van der Waals surface area contributed by atoms with Crippen molar-refractivity contribution in [2.45, 2.75) is 18.9 Å². The van der Waals surface area contributed by atoms with Crippen LogP contribution in [0.5, 0.6) is 0 Å². The van der Waals surface area contributed by atoms with Gasteiger partial charge in [-0.3, -0.25) is 14.4 Å². The minimum Gasteiger partial charge on any atom is -0.345 e. The van der Waals surface area contributed by atoms with E-state index in [0.29, 0.717) is 23.4 Å². The van der Waals surface area contributed by atoms with E-state index < -0.39 is 6.04 Å². The second-order valence-electron chi connectivity index (χ2n) is 8.97. The highest BCUT2D eigenvalue weighted by molar-refractivity contribution is 6.07. The molecule has 0 saturated heterocycles. The minimum atomic E-state index is -0.495. The van der Waals surface area contributed by atoms with Crippen molar-refractivity contribution in [3.8, 4) is 0 Å². The second-order valence-corrected chi connectivity index (χ2v) is 8.97. The smallest absolute Gasteiger partial charge is 0.258 e. The van der Waals surface area contributed by atoms with Crippen LogP contribution in [0.3, 0.4) is 0 Å². The van der Waals surface area contributed by atoms with Crippen LogP contribution in [0, 0.1) is 0 Å². The maximum absolute atomic E-state index is 13.1. The molecule has 4 aromatic rings. The maximum atomic E-state index is 13.1. The fourth-order valence-electron chi connectivity index (χ4n) is 4.57. The summed E-state index contributed by atoms with van der Waals surface area (Å²) in [5.41, 5.74) is 4.65. The van der Waals surface area contributed by atoms with E-state index in [0.717, 1.165) is 17.7 Å². The van der Waals surface area contributed by atoms with Crippen LogP contribution in [0.25, 0.3) is 0 Å². The Morgan fingerprint density at radius 2 is 1.38 bits per heavy atom. The molecule has 6 nitrogen and oxygen atoms in total. The van der Waals surface area contributed by atoms with Crippen molar-refractivity contribution in [1.29, 1.82) is 0 Å². The maximum Gasteiger partial charge on any atom is 0.258 e. The summed E-state index contributed by atoms with van der Waals surface area (Å²) in [6.07, 6.45) is 0.910. The fraction of sp³-hybridized carbons (Fsp3) is 0.129. The van der Waals surface area contributed by atoms with Gasteiger partial charge in [-0.15, -0.1) is 0 Å². The van der Waals surface area contributed by atoms with Gasteiger partial charge in [-0.1, -0.05) is 66.7 Å². The van der Waals surface area contributed by atoms with Gasteiger partial charge in [-0.2, -0.15) is 0 Å². The topological polar surface area (TPSA) is 78.5 Å². The molecule has 2 N–H and O–H groups in total. The largest absolute Gasteiger partial charge is 0.345 e. The molecule has 1 unspecified atom stereocenters. The predicted molar refractivity (Wildman–Crippen MR) is 145 cm³/mol. The fourth-order valence-corrected chi connectivity index (χ4v) is 4.57. The Bertz CT molecular complexity index is 1400. The van der Waals surface area contributed by atoms with Gasteiger partial charge in [0, 0.05) is 29.0 Å². The van der Waals surface area contributed by atoms with Crippen molar-refractivity contribution in [3.05, 3.63) is 131 Å². The van der Waals surface area contributed by atoms with Gasteiger partial charge in [0.2, 0.25) is 5.91 Å². The molecule has 0 aromatic heterocycles. The Hall–Kier alpha value is -4.71. The quantitative estimate of drug-likeness (QED) is 0.365. The highest BCUT2D eigenvalue weighted by Gasteiger charge is 2.25. The summed E-state index contributed by atoms with van der Waals surface area (Å²) in [6, 6.07) is 32.7. The number of nitrogens with one attached hydrogen (secondary N) is 2. The summed E-state index contributed by atoms with van der Waals surface area (Å²) in [6.45, 7) is 0.659. The molecule has 3 amide bonds. The van der Waals surface area contributed by atoms with Gasteiger partial charge in [0.1, 0.15) is 0 Å². The molecule has 0 spiro atoms. The molecule has 0 fully saturated rings. The lowest BCUT2D eigenvalue weighted by Crippen LogP contribution is -2.31. The van der Waals surface area contributed by atoms with Gasteiger partial charge in [0.15, 0.2) is 0 Å². The number of nitrogens with zero attached hydrogens (tertiary/aromatic N) is 1. The molecule has 4 aromatic carbocycles. The molecule has 5 rings (SSSR count). The van der Waals surface area contributed by atoms with Crippen molar-refractivity contribution < 1.29 is 14.4 Å². The average Bonchev–Trinajstić information content (AvgIpc) is 3.38. The van der Waals surface area contributed by atoms with E-state index >= 15 is 0 Å². The van der Waals surface area contributed by atoms with E-state index in [2.05, 4.69) is 10.6 Å². The highest BCUT2D eigenvalue weighted by Crippen LogP contribution is 2.29. The summed E-state index contributed by atoms with van der Waals surface area (Å²) >= 11 is 0. The number of hydrogen-bond donors (Lipinski definition) is 2. The van der Waals surface area contributed by atoms with Crippen molar-refractivity contribution in [2.24, 2.45) is 0 Å². The number of benzene rings is 4. The molecule has 1 heterocycles. The Morgan fingerprint density at radius 1 is 0.730 bits per heavy atom. The first-order chi connectivity index (χ1) is 18.1. The average molecular weight is 490 g/mol. The molecular weight excluding hydrogens is 462 g/mol. The number of rotatable bonds is 7. The van der Waals surface area contributed by atoms with Crippen molar-refractivity contribution >= 4 is 29.1 Å². The molecule has 184 valence electrons. The first-order valence-corrected chi connectivity index (χ1v) is 12.3. The molecule has 0 radical (unpaired) electrons. The van der Waals surface area contributed by atoms with Gasteiger partial charge >= 0.3 is 0 Å². The van der Waals surface area contributed by atoms with Crippen LogP contribution >= 0.6 is 0 Å². The minimum absolute atomic E-state index is 0.0596.